The number of nitrogens with zero attached hydrogens (tertiary/aromatic N) is 1. The van der Waals surface area contributed by atoms with E-state index in [0.29, 0.717) is 5.13 Å². The fourth-order valence-corrected chi connectivity index (χ4v) is 2.64. The number of hydrogen-bond acceptors (Lipinski definition) is 4. The van der Waals surface area contributed by atoms with Gasteiger partial charge in [0.25, 0.3) is 0 Å². The lowest BCUT2D eigenvalue weighted by atomic mass is 10.1. The number of carbonyl (C=O) groups excluding carboxylic acids is 1. The van der Waals surface area contributed by atoms with Gasteiger partial charge in [-0.3, -0.25) is 4.79 Å². The van der Waals surface area contributed by atoms with Crippen LogP contribution >= 0.6 is 11.3 Å². The highest BCUT2D eigenvalue weighted by Crippen LogP contribution is 2.24. The Kier molecular flexibility index (Phi) is 4.49. The minimum Gasteiger partial charge on any atom is -0.375 e. The van der Waals surface area contributed by atoms with Crippen molar-refractivity contribution in [1.29, 1.82) is 0 Å². The molecular weight excluding hydrogens is 306 g/mol. The predicted octanol–water partition coefficient (Wildman–Crippen LogP) is 4.04. The van der Waals surface area contributed by atoms with Crippen LogP contribution in [0.25, 0.3) is 17.3 Å². The number of nitrogen functional groups attached to an aromatic ring is 1. The third-order valence-electron chi connectivity index (χ3n) is 3.20. The Balaban J connectivity index is 1.64. The second-order valence-electron chi connectivity index (χ2n) is 4.88. The van der Waals surface area contributed by atoms with Gasteiger partial charge in [0.2, 0.25) is 5.91 Å². The molecule has 0 bridgehead atoms. The van der Waals surface area contributed by atoms with E-state index in [4.69, 9.17) is 5.73 Å². The van der Waals surface area contributed by atoms with Crippen LogP contribution in [-0.2, 0) is 4.79 Å². The summed E-state index contributed by atoms with van der Waals surface area (Å²) in [5.74, 6) is -0.167. The number of nitrogens with one attached hydrogen (secondary N) is 1. The summed E-state index contributed by atoms with van der Waals surface area (Å²) >= 11 is 1.41. The maximum absolute atomic E-state index is 11.9. The smallest absolute Gasteiger partial charge is 0.248 e. The SMILES string of the molecule is Nc1nc(-c2ccc(NC(=O)/C=C/c3ccccc3)cc2)cs1. The van der Waals surface area contributed by atoms with E-state index in [1.807, 2.05) is 60.0 Å². The highest BCUT2D eigenvalue weighted by Gasteiger charge is 2.03. The minimum absolute atomic E-state index is 0.167. The Morgan fingerprint density at radius 2 is 1.83 bits per heavy atom. The first kappa shape index (κ1) is 15.0. The van der Waals surface area contributed by atoms with Gasteiger partial charge in [0.15, 0.2) is 5.13 Å². The van der Waals surface area contributed by atoms with Crippen molar-refractivity contribution in [3.8, 4) is 11.3 Å². The number of thiazole rings is 1. The molecule has 0 spiro atoms. The predicted molar refractivity (Wildman–Crippen MR) is 96.1 cm³/mol. The Morgan fingerprint density at radius 3 is 2.48 bits per heavy atom. The van der Waals surface area contributed by atoms with Crippen molar-refractivity contribution in [3.05, 3.63) is 71.6 Å². The van der Waals surface area contributed by atoms with E-state index in [9.17, 15) is 4.79 Å². The maximum Gasteiger partial charge on any atom is 0.248 e. The lowest BCUT2D eigenvalue weighted by Gasteiger charge is -2.03. The van der Waals surface area contributed by atoms with Gasteiger partial charge in [0, 0.05) is 22.7 Å². The second kappa shape index (κ2) is 6.89. The minimum atomic E-state index is -0.167. The number of carbonyl (C=O) groups is 1. The normalized spacial score (nSPS) is 10.8. The van der Waals surface area contributed by atoms with Crippen LogP contribution in [0.5, 0.6) is 0 Å². The molecule has 0 unspecified atom stereocenters. The summed E-state index contributed by atoms with van der Waals surface area (Å²) in [6.45, 7) is 0. The topological polar surface area (TPSA) is 68.0 Å². The Hall–Kier alpha value is -2.92. The van der Waals surface area contributed by atoms with Gasteiger partial charge in [-0.1, -0.05) is 42.5 Å². The Bertz CT molecular complexity index is 823. The van der Waals surface area contributed by atoms with Crippen LogP contribution in [0.2, 0.25) is 0 Å². The molecule has 2 aromatic carbocycles. The zero-order valence-electron chi connectivity index (χ0n) is 12.3. The molecular formula is C18H15N3OS. The van der Waals surface area contributed by atoms with Crippen molar-refractivity contribution < 1.29 is 4.79 Å². The van der Waals surface area contributed by atoms with Gasteiger partial charge < -0.3 is 11.1 Å². The van der Waals surface area contributed by atoms with Crippen molar-refractivity contribution in [2.45, 2.75) is 0 Å². The number of nitrogens with two attached hydrogens (primary N) is 1. The summed E-state index contributed by atoms with van der Waals surface area (Å²) in [6, 6.07) is 17.2. The van der Waals surface area contributed by atoms with E-state index in [-0.39, 0.29) is 5.91 Å². The average molecular weight is 321 g/mol. The van der Waals surface area contributed by atoms with Crippen LogP contribution in [0, 0.1) is 0 Å². The van der Waals surface area contributed by atoms with E-state index >= 15 is 0 Å². The number of amides is 1. The first-order chi connectivity index (χ1) is 11.2. The number of hydrogen-bond donors (Lipinski definition) is 2. The van der Waals surface area contributed by atoms with Gasteiger partial charge in [-0.25, -0.2) is 4.98 Å². The summed E-state index contributed by atoms with van der Waals surface area (Å²) < 4.78 is 0. The zero-order valence-corrected chi connectivity index (χ0v) is 13.1. The first-order valence-corrected chi connectivity index (χ1v) is 7.94. The van der Waals surface area contributed by atoms with E-state index in [1.54, 1.807) is 6.08 Å². The number of benzene rings is 2. The standard InChI is InChI=1S/C18H15N3OS/c19-18-21-16(12-23-18)14-7-9-15(10-8-14)20-17(22)11-6-13-4-2-1-3-5-13/h1-12H,(H2,19,21)(H,20,22)/b11-6+. The van der Waals surface area contributed by atoms with Crippen molar-refractivity contribution in [3.63, 3.8) is 0 Å². The zero-order chi connectivity index (χ0) is 16.1. The molecule has 4 nitrogen and oxygen atoms in total. The summed E-state index contributed by atoms with van der Waals surface area (Å²) in [6.07, 6.45) is 3.30. The third-order valence-corrected chi connectivity index (χ3v) is 3.87. The maximum atomic E-state index is 11.9. The number of anilines is 2. The quantitative estimate of drug-likeness (QED) is 0.713. The van der Waals surface area contributed by atoms with Crippen molar-refractivity contribution in [2.75, 3.05) is 11.1 Å². The van der Waals surface area contributed by atoms with Gasteiger partial charge in [-0.15, -0.1) is 11.3 Å². The highest BCUT2D eigenvalue weighted by atomic mass is 32.1. The average Bonchev–Trinajstić information content (AvgIpc) is 3.01. The van der Waals surface area contributed by atoms with Gasteiger partial charge in [0.05, 0.1) is 5.69 Å². The largest absolute Gasteiger partial charge is 0.375 e. The van der Waals surface area contributed by atoms with E-state index in [2.05, 4.69) is 10.3 Å². The van der Waals surface area contributed by atoms with Gasteiger partial charge in [-0.05, 0) is 23.8 Å². The summed E-state index contributed by atoms with van der Waals surface area (Å²) in [5, 5.41) is 5.28. The van der Waals surface area contributed by atoms with Gasteiger partial charge >= 0.3 is 0 Å². The number of aromatic nitrogens is 1. The lowest BCUT2D eigenvalue weighted by molar-refractivity contribution is -0.111. The summed E-state index contributed by atoms with van der Waals surface area (Å²) in [5.41, 5.74) is 9.17. The fraction of sp³-hybridized carbons (Fsp3) is 0. The molecule has 0 aliphatic rings. The van der Waals surface area contributed by atoms with Crippen LogP contribution in [0.3, 0.4) is 0 Å². The van der Waals surface area contributed by atoms with E-state index < -0.39 is 0 Å². The van der Waals surface area contributed by atoms with Crippen molar-refractivity contribution in [2.24, 2.45) is 0 Å². The first-order valence-electron chi connectivity index (χ1n) is 7.06. The molecule has 3 rings (SSSR count). The monoisotopic (exact) mass is 321 g/mol. The molecule has 114 valence electrons. The molecule has 0 atom stereocenters. The highest BCUT2D eigenvalue weighted by molar-refractivity contribution is 7.13. The van der Waals surface area contributed by atoms with Crippen LogP contribution in [0.15, 0.2) is 66.1 Å². The molecule has 3 N–H and O–H groups in total. The van der Waals surface area contributed by atoms with E-state index in [0.717, 1.165) is 22.5 Å². The molecule has 1 amide bonds. The van der Waals surface area contributed by atoms with E-state index in [1.165, 1.54) is 17.4 Å². The van der Waals surface area contributed by atoms with Crippen molar-refractivity contribution in [1.82, 2.24) is 4.98 Å². The molecule has 0 saturated heterocycles. The lowest BCUT2D eigenvalue weighted by Crippen LogP contribution is -2.07. The molecule has 0 saturated carbocycles. The number of rotatable bonds is 4. The molecule has 0 aliphatic carbocycles. The molecule has 1 heterocycles. The molecule has 1 aromatic heterocycles. The molecule has 0 fully saturated rings. The molecule has 3 aromatic rings. The van der Waals surface area contributed by atoms with Gasteiger partial charge in [-0.2, -0.15) is 0 Å². The fourth-order valence-electron chi connectivity index (χ4n) is 2.06. The molecule has 0 aliphatic heterocycles. The van der Waals surface area contributed by atoms with Gasteiger partial charge in [0.1, 0.15) is 0 Å². The molecule has 5 heteroatoms. The second-order valence-corrected chi connectivity index (χ2v) is 5.77. The molecule has 0 radical (unpaired) electrons. The Labute approximate surface area is 138 Å². The van der Waals surface area contributed by atoms with Crippen LogP contribution in [0.1, 0.15) is 5.56 Å². The molecule has 23 heavy (non-hydrogen) atoms. The Morgan fingerprint density at radius 1 is 1.09 bits per heavy atom. The van der Waals surface area contributed by atoms with Crippen LogP contribution in [0.4, 0.5) is 10.8 Å². The van der Waals surface area contributed by atoms with Crippen LogP contribution < -0.4 is 11.1 Å². The third kappa shape index (κ3) is 4.05. The summed E-state index contributed by atoms with van der Waals surface area (Å²) in [7, 11) is 0. The van der Waals surface area contributed by atoms with Crippen LogP contribution in [-0.4, -0.2) is 10.9 Å². The van der Waals surface area contributed by atoms with Crippen molar-refractivity contribution >= 4 is 34.1 Å². The summed E-state index contributed by atoms with van der Waals surface area (Å²) in [4.78, 5) is 16.2.